The first kappa shape index (κ1) is 10.7. The van der Waals surface area contributed by atoms with Crippen LogP contribution in [-0.4, -0.2) is 36.1 Å². The number of benzene rings is 1. The number of anilines is 1. The van der Waals surface area contributed by atoms with E-state index in [9.17, 15) is 0 Å². The number of hydrogen-bond donors (Lipinski definition) is 1. The molecule has 2 heterocycles. The number of hydrogen-bond acceptors (Lipinski definition) is 4. The Balaban J connectivity index is 2.14. The first-order chi connectivity index (χ1) is 8.36. The van der Waals surface area contributed by atoms with Crippen LogP contribution in [0.5, 0.6) is 0 Å². The standard InChI is InChI=1S/C12H13ClN4/c13-9-2-1-3-10-11(9)12(16-8-15-10)17-6-4-14-5-7-17/h1-3,8,14H,4-7H2. The van der Waals surface area contributed by atoms with Gasteiger partial charge in [-0.1, -0.05) is 17.7 Å². The Kier molecular flexibility index (Phi) is 2.82. The Morgan fingerprint density at radius 2 is 2.00 bits per heavy atom. The highest BCUT2D eigenvalue weighted by Crippen LogP contribution is 2.29. The lowest BCUT2D eigenvalue weighted by Crippen LogP contribution is -2.44. The van der Waals surface area contributed by atoms with Gasteiger partial charge in [-0.25, -0.2) is 9.97 Å². The summed E-state index contributed by atoms with van der Waals surface area (Å²) in [5.74, 6) is 0.946. The number of nitrogens with one attached hydrogen (secondary N) is 1. The largest absolute Gasteiger partial charge is 0.353 e. The molecule has 0 radical (unpaired) electrons. The average Bonchev–Trinajstić information content (AvgIpc) is 2.39. The maximum absolute atomic E-state index is 6.26. The summed E-state index contributed by atoms with van der Waals surface area (Å²) in [5.41, 5.74) is 0.904. The molecule has 1 fully saturated rings. The zero-order valence-electron chi connectivity index (χ0n) is 9.36. The molecule has 0 aliphatic carbocycles. The van der Waals surface area contributed by atoms with Gasteiger partial charge >= 0.3 is 0 Å². The highest BCUT2D eigenvalue weighted by molar-refractivity contribution is 6.36. The van der Waals surface area contributed by atoms with Gasteiger partial charge in [0.2, 0.25) is 0 Å². The fourth-order valence-electron chi connectivity index (χ4n) is 2.17. The molecule has 5 heteroatoms. The molecule has 0 atom stereocenters. The molecule has 2 aromatic rings. The summed E-state index contributed by atoms with van der Waals surface area (Å²) >= 11 is 6.26. The molecule has 0 unspecified atom stereocenters. The van der Waals surface area contributed by atoms with Crippen LogP contribution >= 0.6 is 11.6 Å². The molecule has 88 valence electrons. The maximum atomic E-state index is 6.26. The lowest BCUT2D eigenvalue weighted by atomic mass is 10.2. The number of piperazine rings is 1. The minimum absolute atomic E-state index is 0.719. The SMILES string of the molecule is Clc1cccc2ncnc(N3CCNCC3)c12. The van der Waals surface area contributed by atoms with E-state index in [1.54, 1.807) is 6.33 Å². The van der Waals surface area contributed by atoms with E-state index in [1.165, 1.54) is 0 Å². The molecule has 1 aromatic carbocycles. The van der Waals surface area contributed by atoms with Crippen LogP contribution in [0.15, 0.2) is 24.5 Å². The van der Waals surface area contributed by atoms with Gasteiger partial charge in [0.1, 0.15) is 12.1 Å². The topological polar surface area (TPSA) is 41.1 Å². The van der Waals surface area contributed by atoms with Crippen molar-refractivity contribution in [2.24, 2.45) is 0 Å². The smallest absolute Gasteiger partial charge is 0.141 e. The predicted molar refractivity (Wildman–Crippen MR) is 69.6 cm³/mol. The Morgan fingerprint density at radius 1 is 1.18 bits per heavy atom. The lowest BCUT2D eigenvalue weighted by Gasteiger charge is -2.29. The Hall–Kier alpha value is -1.39. The second-order valence-electron chi connectivity index (χ2n) is 4.07. The number of rotatable bonds is 1. The third kappa shape index (κ3) is 1.94. The Bertz CT molecular complexity index is 532. The number of fused-ring (bicyclic) bond motifs is 1. The van der Waals surface area contributed by atoms with Crippen LogP contribution in [0.4, 0.5) is 5.82 Å². The van der Waals surface area contributed by atoms with Gasteiger partial charge < -0.3 is 10.2 Å². The van der Waals surface area contributed by atoms with E-state index in [0.717, 1.165) is 47.9 Å². The summed E-state index contributed by atoms with van der Waals surface area (Å²) in [6.45, 7) is 3.88. The maximum Gasteiger partial charge on any atom is 0.141 e. The average molecular weight is 249 g/mol. The van der Waals surface area contributed by atoms with Gasteiger partial charge in [-0.3, -0.25) is 0 Å². The van der Waals surface area contributed by atoms with E-state index in [-0.39, 0.29) is 0 Å². The summed E-state index contributed by atoms with van der Waals surface area (Å²) in [6.07, 6.45) is 1.61. The van der Waals surface area contributed by atoms with Crippen LogP contribution in [0.3, 0.4) is 0 Å². The van der Waals surface area contributed by atoms with E-state index < -0.39 is 0 Å². The van der Waals surface area contributed by atoms with Gasteiger partial charge in [-0.15, -0.1) is 0 Å². The summed E-state index contributed by atoms with van der Waals surface area (Å²) in [5, 5.41) is 5.01. The van der Waals surface area contributed by atoms with Crippen molar-refractivity contribution in [3.63, 3.8) is 0 Å². The number of halogens is 1. The monoisotopic (exact) mass is 248 g/mol. The molecule has 0 spiro atoms. The van der Waals surface area contributed by atoms with Crippen LogP contribution in [-0.2, 0) is 0 Å². The minimum Gasteiger partial charge on any atom is -0.353 e. The van der Waals surface area contributed by atoms with E-state index in [0.29, 0.717) is 0 Å². The van der Waals surface area contributed by atoms with E-state index >= 15 is 0 Å². The van der Waals surface area contributed by atoms with Crippen LogP contribution < -0.4 is 10.2 Å². The van der Waals surface area contributed by atoms with Crippen molar-refractivity contribution in [1.29, 1.82) is 0 Å². The molecule has 3 rings (SSSR count). The van der Waals surface area contributed by atoms with Crippen molar-refractivity contribution in [2.75, 3.05) is 31.1 Å². The molecule has 1 aliphatic heterocycles. The van der Waals surface area contributed by atoms with Crippen molar-refractivity contribution in [2.45, 2.75) is 0 Å². The van der Waals surface area contributed by atoms with E-state index in [2.05, 4.69) is 20.2 Å². The third-order valence-corrected chi connectivity index (χ3v) is 3.32. The minimum atomic E-state index is 0.719. The Labute approximate surface area is 105 Å². The summed E-state index contributed by atoms with van der Waals surface area (Å²) in [4.78, 5) is 10.9. The van der Waals surface area contributed by atoms with Gasteiger partial charge in [0.25, 0.3) is 0 Å². The van der Waals surface area contributed by atoms with Crippen LogP contribution in [0.2, 0.25) is 5.02 Å². The van der Waals surface area contributed by atoms with Crippen molar-refractivity contribution in [3.05, 3.63) is 29.5 Å². The molecular formula is C12H13ClN4. The third-order valence-electron chi connectivity index (χ3n) is 3.01. The highest BCUT2D eigenvalue weighted by atomic mass is 35.5. The lowest BCUT2D eigenvalue weighted by molar-refractivity contribution is 0.586. The van der Waals surface area contributed by atoms with Crippen molar-refractivity contribution in [3.8, 4) is 0 Å². The van der Waals surface area contributed by atoms with E-state index in [4.69, 9.17) is 11.6 Å². The Morgan fingerprint density at radius 3 is 2.82 bits per heavy atom. The molecule has 4 nitrogen and oxygen atoms in total. The van der Waals surface area contributed by atoms with Gasteiger partial charge in [0, 0.05) is 26.2 Å². The first-order valence-corrected chi connectivity index (χ1v) is 6.09. The van der Waals surface area contributed by atoms with Crippen molar-refractivity contribution >= 4 is 28.3 Å². The number of nitrogens with zero attached hydrogens (tertiary/aromatic N) is 3. The van der Waals surface area contributed by atoms with Gasteiger partial charge in [0.15, 0.2) is 0 Å². The normalized spacial score (nSPS) is 16.4. The zero-order chi connectivity index (χ0) is 11.7. The highest BCUT2D eigenvalue weighted by Gasteiger charge is 2.16. The van der Waals surface area contributed by atoms with Gasteiger partial charge in [-0.2, -0.15) is 0 Å². The van der Waals surface area contributed by atoms with Crippen molar-refractivity contribution < 1.29 is 0 Å². The molecule has 0 saturated carbocycles. The van der Waals surface area contributed by atoms with Crippen LogP contribution in [0, 0.1) is 0 Å². The molecule has 1 N–H and O–H groups in total. The van der Waals surface area contributed by atoms with Gasteiger partial charge in [-0.05, 0) is 12.1 Å². The summed E-state index contributed by atoms with van der Waals surface area (Å²) in [7, 11) is 0. The van der Waals surface area contributed by atoms with E-state index in [1.807, 2.05) is 18.2 Å². The predicted octanol–water partition coefficient (Wildman–Crippen LogP) is 1.69. The summed E-state index contributed by atoms with van der Waals surface area (Å²) < 4.78 is 0. The van der Waals surface area contributed by atoms with Crippen LogP contribution in [0.25, 0.3) is 10.9 Å². The molecule has 1 saturated heterocycles. The fourth-order valence-corrected chi connectivity index (χ4v) is 2.42. The van der Waals surface area contributed by atoms with Crippen LogP contribution in [0.1, 0.15) is 0 Å². The molecule has 0 amide bonds. The molecular weight excluding hydrogens is 236 g/mol. The zero-order valence-corrected chi connectivity index (χ0v) is 10.1. The molecule has 0 bridgehead atoms. The second-order valence-corrected chi connectivity index (χ2v) is 4.48. The molecule has 17 heavy (non-hydrogen) atoms. The second kappa shape index (κ2) is 4.47. The number of aromatic nitrogens is 2. The first-order valence-electron chi connectivity index (χ1n) is 5.71. The summed E-state index contributed by atoms with van der Waals surface area (Å²) in [6, 6.07) is 5.77. The quantitative estimate of drug-likeness (QED) is 0.834. The fraction of sp³-hybridized carbons (Fsp3) is 0.333. The van der Waals surface area contributed by atoms with Gasteiger partial charge in [0.05, 0.1) is 15.9 Å². The molecule has 1 aromatic heterocycles. The molecule has 1 aliphatic rings. The van der Waals surface area contributed by atoms with Crippen molar-refractivity contribution in [1.82, 2.24) is 15.3 Å².